The van der Waals surface area contributed by atoms with Crippen molar-refractivity contribution in [2.45, 2.75) is 44.8 Å². The Hall–Kier alpha value is -2.68. The molecule has 0 bridgehead atoms. The lowest BCUT2D eigenvalue weighted by atomic mass is 9.86. The molecule has 5 nitrogen and oxygen atoms in total. The molecule has 0 radical (unpaired) electrons. The fourth-order valence-electron chi connectivity index (χ4n) is 3.44. The van der Waals surface area contributed by atoms with E-state index in [1.54, 1.807) is 38.6 Å². The number of hydrogen-bond acceptors (Lipinski definition) is 4. The van der Waals surface area contributed by atoms with Crippen LogP contribution in [-0.4, -0.2) is 28.3 Å². The molecule has 172 valence electrons. The highest BCUT2D eigenvalue weighted by Crippen LogP contribution is 2.41. The van der Waals surface area contributed by atoms with Crippen LogP contribution in [0.4, 0.5) is 13.2 Å². The molecule has 1 aromatic carbocycles. The number of nitrogens with one attached hydrogen (secondary N) is 1. The minimum absolute atomic E-state index is 0.0263. The van der Waals surface area contributed by atoms with Crippen molar-refractivity contribution in [3.8, 4) is 0 Å². The Bertz CT molecular complexity index is 974. The number of ether oxygens (including phenoxy) is 1. The number of thioether (sulfide) groups is 1. The van der Waals surface area contributed by atoms with Gasteiger partial charge in [-0.25, -0.2) is 4.79 Å². The molecule has 32 heavy (non-hydrogen) atoms. The molecule has 1 heterocycles. The maximum Gasteiger partial charge on any atom is 0.416 e. The molecule has 3 unspecified atom stereocenters. The van der Waals surface area contributed by atoms with Crippen LogP contribution in [0.1, 0.15) is 31.9 Å². The number of allylic oxidation sites excluding steroid dienone is 1. The van der Waals surface area contributed by atoms with Crippen LogP contribution in [0.25, 0.3) is 0 Å². The molecular weight excluding hydrogens is 443 g/mol. The number of rotatable bonds is 6. The Morgan fingerprint density at radius 2 is 1.81 bits per heavy atom. The molecule has 1 aliphatic carbocycles. The lowest BCUT2D eigenvalue weighted by Gasteiger charge is -2.30. The van der Waals surface area contributed by atoms with Crippen LogP contribution in [0, 0.1) is 11.3 Å². The Morgan fingerprint density at radius 1 is 1.16 bits per heavy atom. The van der Waals surface area contributed by atoms with Crippen LogP contribution in [0.15, 0.2) is 59.2 Å². The minimum Gasteiger partial charge on any atom is -0.492 e. The fourth-order valence-corrected chi connectivity index (χ4v) is 4.43. The molecule has 3 rings (SSSR count). The van der Waals surface area contributed by atoms with Gasteiger partial charge < -0.3 is 15.2 Å². The summed E-state index contributed by atoms with van der Waals surface area (Å²) in [4.78, 5) is 24.7. The molecular formula is C23H24F3NO4S. The number of benzene rings is 1. The van der Waals surface area contributed by atoms with E-state index in [4.69, 9.17) is 4.74 Å². The van der Waals surface area contributed by atoms with Crippen LogP contribution in [0.3, 0.4) is 0 Å². The van der Waals surface area contributed by atoms with Crippen molar-refractivity contribution < 1.29 is 32.6 Å². The second-order valence-corrected chi connectivity index (χ2v) is 9.77. The summed E-state index contributed by atoms with van der Waals surface area (Å²) in [7, 11) is 0. The van der Waals surface area contributed by atoms with Crippen molar-refractivity contribution in [2.24, 2.45) is 11.3 Å². The average Bonchev–Trinajstić information content (AvgIpc) is 3.17. The maximum absolute atomic E-state index is 13.0. The summed E-state index contributed by atoms with van der Waals surface area (Å²) in [5.41, 5.74) is -0.740. The first-order valence-electron chi connectivity index (χ1n) is 9.95. The molecule has 1 aromatic rings. The summed E-state index contributed by atoms with van der Waals surface area (Å²) in [5.74, 6) is -1.57. The van der Waals surface area contributed by atoms with E-state index in [2.05, 4.69) is 5.32 Å². The minimum atomic E-state index is -4.42. The monoisotopic (exact) mass is 467 g/mol. The summed E-state index contributed by atoms with van der Waals surface area (Å²) >= 11 is 1.56. The quantitative estimate of drug-likeness (QED) is 0.622. The van der Waals surface area contributed by atoms with E-state index in [1.165, 1.54) is 12.1 Å². The molecule has 0 fully saturated rings. The van der Waals surface area contributed by atoms with Crippen LogP contribution in [0.2, 0.25) is 0 Å². The van der Waals surface area contributed by atoms with Crippen LogP contribution in [-0.2, 0) is 27.1 Å². The van der Waals surface area contributed by atoms with E-state index in [-0.39, 0.29) is 23.3 Å². The fraction of sp³-hybridized carbons (Fsp3) is 0.391. The second-order valence-electron chi connectivity index (χ2n) is 8.69. The van der Waals surface area contributed by atoms with Crippen LogP contribution in [0.5, 0.6) is 0 Å². The van der Waals surface area contributed by atoms with Crippen molar-refractivity contribution in [3.05, 3.63) is 70.4 Å². The summed E-state index contributed by atoms with van der Waals surface area (Å²) in [6.07, 6.45) is 0.947. The van der Waals surface area contributed by atoms with Gasteiger partial charge in [-0.2, -0.15) is 13.2 Å². The molecule has 9 heteroatoms. The zero-order valence-corrected chi connectivity index (χ0v) is 18.6. The number of fused-ring (bicyclic) bond motifs is 1. The third-order valence-electron chi connectivity index (χ3n) is 5.20. The number of amides is 1. The topological polar surface area (TPSA) is 75.6 Å². The molecule has 0 saturated heterocycles. The van der Waals surface area contributed by atoms with Crippen molar-refractivity contribution in [1.29, 1.82) is 0 Å². The highest BCUT2D eigenvalue weighted by atomic mass is 32.2. The SMILES string of the molecule is CC(C)(C)C(NC(=O)C1=C(OCc2ccc(C(F)(F)F)cc2)C2C=CSC2C=C1)C(=O)O. The Balaban J connectivity index is 1.84. The van der Waals surface area contributed by atoms with Gasteiger partial charge in [0.25, 0.3) is 5.91 Å². The van der Waals surface area contributed by atoms with Crippen LogP contribution < -0.4 is 5.32 Å². The summed E-state index contributed by atoms with van der Waals surface area (Å²) in [6, 6.07) is 3.52. The lowest BCUT2D eigenvalue weighted by molar-refractivity contribution is -0.144. The average molecular weight is 468 g/mol. The van der Waals surface area contributed by atoms with E-state index in [0.29, 0.717) is 11.3 Å². The molecule has 1 amide bonds. The first kappa shape index (κ1) is 24.0. The molecule has 0 aromatic heterocycles. The predicted molar refractivity (Wildman–Crippen MR) is 115 cm³/mol. The maximum atomic E-state index is 13.0. The molecule has 0 spiro atoms. The number of carbonyl (C=O) groups excluding carboxylic acids is 1. The highest BCUT2D eigenvalue weighted by molar-refractivity contribution is 8.03. The Labute approximate surface area is 188 Å². The number of aliphatic carboxylic acids is 1. The number of carbonyl (C=O) groups is 2. The first-order chi connectivity index (χ1) is 14.9. The van der Waals surface area contributed by atoms with E-state index in [0.717, 1.165) is 12.1 Å². The smallest absolute Gasteiger partial charge is 0.416 e. The van der Waals surface area contributed by atoms with Crippen molar-refractivity contribution >= 4 is 23.6 Å². The third-order valence-corrected chi connectivity index (χ3v) is 6.28. The number of halogens is 3. The first-order valence-corrected chi connectivity index (χ1v) is 10.9. The summed E-state index contributed by atoms with van der Waals surface area (Å²) in [6.45, 7) is 5.12. The molecule has 3 atom stereocenters. The van der Waals surface area contributed by atoms with Crippen molar-refractivity contribution in [2.75, 3.05) is 0 Å². The van der Waals surface area contributed by atoms with Gasteiger partial charge in [0.05, 0.1) is 17.1 Å². The lowest BCUT2D eigenvalue weighted by Crippen LogP contribution is -2.49. The summed E-state index contributed by atoms with van der Waals surface area (Å²) < 4.78 is 44.3. The number of alkyl halides is 3. The van der Waals surface area contributed by atoms with Gasteiger partial charge in [-0.3, -0.25) is 4.79 Å². The number of carboxylic acid groups (broad SMARTS) is 1. The molecule has 2 aliphatic rings. The molecule has 2 N–H and O–H groups in total. The highest BCUT2D eigenvalue weighted by Gasteiger charge is 2.37. The van der Waals surface area contributed by atoms with Gasteiger partial charge in [0.1, 0.15) is 18.4 Å². The number of carboxylic acids is 1. The van der Waals surface area contributed by atoms with Gasteiger partial charge in [-0.1, -0.05) is 45.1 Å². The zero-order chi connectivity index (χ0) is 23.7. The van der Waals surface area contributed by atoms with Gasteiger partial charge in [0.2, 0.25) is 0 Å². The standard InChI is InChI=1S/C23H24F3NO4S/c1-22(2,3)19(21(29)30)27-20(28)16-8-9-17-15(10-11-32-17)18(16)31-12-13-4-6-14(7-5-13)23(24,25)26/h4-11,15,17,19H,12H2,1-3H3,(H,27,28)(H,29,30). The predicted octanol–water partition coefficient (Wildman–Crippen LogP) is 4.91. The third kappa shape index (κ3) is 5.38. The summed E-state index contributed by atoms with van der Waals surface area (Å²) in [5, 5.41) is 14.0. The normalized spacial score (nSPS) is 21.3. The van der Waals surface area contributed by atoms with E-state index in [9.17, 15) is 27.9 Å². The van der Waals surface area contributed by atoms with Crippen molar-refractivity contribution in [3.63, 3.8) is 0 Å². The van der Waals surface area contributed by atoms with E-state index < -0.39 is 35.1 Å². The van der Waals surface area contributed by atoms with Gasteiger partial charge >= 0.3 is 12.1 Å². The van der Waals surface area contributed by atoms with Gasteiger partial charge in [-0.05, 0) is 34.6 Å². The van der Waals surface area contributed by atoms with Crippen molar-refractivity contribution in [1.82, 2.24) is 5.32 Å². The zero-order valence-electron chi connectivity index (χ0n) is 17.8. The van der Waals surface area contributed by atoms with E-state index >= 15 is 0 Å². The van der Waals surface area contributed by atoms with Gasteiger partial charge in [-0.15, -0.1) is 11.8 Å². The number of hydrogen-bond donors (Lipinski definition) is 2. The second kappa shape index (κ2) is 9.05. The largest absolute Gasteiger partial charge is 0.492 e. The van der Waals surface area contributed by atoms with Crippen LogP contribution >= 0.6 is 11.8 Å². The Kier molecular flexibility index (Phi) is 6.78. The van der Waals surface area contributed by atoms with E-state index in [1.807, 2.05) is 17.6 Å². The van der Waals surface area contributed by atoms with Gasteiger partial charge in [0.15, 0.2) is 0 Å². The molecule has 0 saturated carbocycles. The van der Waals surface area contributed by atoms with Gasteiger partial charge in [0, 0.05) is 5.25 Å². The molecule has 1 aliphatic heterocycles. The Morgan fingerprint density at radius 3 is 2.38 bits per heavy atom.